The lowest BCUT2D eigenvalue weighted by Crippen LogP contribution is -2.36. The van der Waals surface area contributed by atoms with Gasteiger partial charge in [0.05, 0.1) is 6.54 Å². The van der Waals surface area contributed by atoms with Crippen LogP contribution in [-0.4, -0.2) is 29.8 Å². The molecule has 1 rings (SSSR count). The third kappa shape index (κ3) is 4.49. The predicted octanol–water partition coefficient (Wildman–Crippen LogP) is 3.64. The summed E-state index contributed by atoms with van der Waals surface area (Å²) in [7, 11) is 0. The number of rotatable bonds is 6. The van der Waals surface area contributed by atoms with Crippen molar-refractivity contribution in [1.29, 1.82) is 0 Å². The van der Waals surface area contributed by atoms with E-state index in [1.165, 1.54) is 0 Å². The van der Waals surface area contributed by atoms with Crippen LogP contribution in [0.3, 0.4) is 0 Å². The van der Waals surface area contributed by atoms with Gasteiger partial charge in [0.2, 0.25) is 0 Å². The van der Waals surface area contributed by atoms with Gasteiger partial charge in [-0.05, 0) is 51.1 Å². The van der Waals surface area contributed by atoms with Crippen LogP contribution in [0.2, 0.25) is 5.02 Å². The number of hydrogen-bond donors (Lipinski definition) is 0. The maximum atomic E-state index is 12.1. The second-order valence-electron chi connectivity index (χ2n) is 4.49. The summed E-state index contributed by atoms with van der Waals surface area (Å²) in [5, 5.41) is 0.663. The van der Waals surface area contributed by atoms with Crippen LogP contribution < -0.4 is 0 Å². The first-order valence-electron chi connectivity index (χ1n) is 6.07. The van der Waals surface area contributed by atoms with Gasteiger partial charge in [-0.1, -0.05) is 18.5 Å². The molecule has 0 radical (unpaired) electrons. The summed E-state index contributed by atoms with van der Waals surface area (Å²) < 4.78 is 0. The number of carbonyl (C=O) groups excluding carboxylic acids is 1. The van der Waals surface area contributed by atoms with Crippen molar-refractivity contribution in [3.63, 3.8) is 0 Å². The molecule has 94 valence electrons. The summed E-state index contributed by atoms with van der Waals surface area (Å²) in [5.41, 5.74) is 0.733. The molecule has 0 bridgehead atoms. The summed E-state index contributed by atoms with van der Waals surface area (Å²) in [6.07, 6.45) is 1.06. The molecule has 0 saturated carbocycles. The minimum Gasteiger partial charge on any atom is -0.293 e. The number of hydrogen-bond acceptors (Lipinski definition) is 2. The molecule has 1 aromatic rings. The summed E-state index contributed by atoms with van der Waals surface area (Å²) >= 11 is 5.80. The highest BCUT2D eigenvalue weighted by molar-refractivity contribution is 6.30. The van der Waals surface area contributed by atoms with Crippen molar-refractivity contribution in [2.45, 2.75) is 33.2 Å². The molecule has 0 aliphatic rings. The number of Topliss-reactive ketones (excluding diaryl/α,β-unsaturated/α-hetero) is 1. The van der Waals surface area contributed by atoms with Crippen molar-refractivity contribution in [3.8, 4) is 0 Å². The van der Waals surface area contributed by atoms with Gasteiger partial charge in [-0.2, -0.15) is 0 Å². The maximum absolute atomic E-state index is 12.1. The molecule has 1 aromatic carbocycles. The van der Waals surface area contributed by atoms with Gasteiger partial charge in [0.25, 0.3) is 0 Å². The Morgan fingerprint density at radius 1 is 1.29 bits per heavy atom. The topological polar surface area (TPSA) is 20.3 Å². The third-order valence-corrected chi connectivity index (χ3v) is 3.01. The molecule has 3 heteroatoms. The molecule has 2 nitrogen and oxygen atoms in total. The van der Waals surface area contributed by atoms with Crippen molar-refractivity contribution in [3.05, 3.63) is 34.9 Å². The number of carbonyl (C=O) groups is 1. The fourth-order valence-corrected chi connectivity index (χ4v) is 1.84. The monoisotopic (exact) mass is 253 g/mol. The van der Waals surface area contributed by atoms with E-state index in [-0.39, 0.29) is 5.78 Å². The van der Waals surface area contributed by atoms with Crippen LogP contribution in [0.1, 0.15) is 37.6 Å². The van der Waals surface area contributed by atoms with Crippen molar-refractivity contribution >= 4 is 17.4 Å². The highest BCUT2D eigenvalue weighted by atomic mass is 35.5. The lowest BCUT2D eigenvalue weighted by Gasteiger charge is -2.25. The van der Waals surface area contributed by atoms with Gasteiger partial charge in [-0.15, -0.1) is 0 Å². The number of benzene rings is 1. The van der Waals surface area contributed by atoms with Gasteiger partial charge in [-0.25, -0.2) is 0 Å². The van der Waals surface area contributed by atoms with Gasteiger partial charge in [0.1, 0.15) is 0 Å². The lowest BCUT2D eigenvalue weighted by atomic mass is 10.1. The first-order chi connectivity index (χ1) is 8.04. The van der Waals surface area contributed by atoms with Crippen molar-refractivity contribution in [1.82, 2.24) is 4.90 Å². The Bertz CT molecular complexity index is 359. The number of halogens is 1. The quantitative estimate of drug-likeness (QED) is 0.722. The lowest BCUT2D eigenvalue weighted by molar-refractivity contribution is 0.0906. The van der Waals surface area contributed by atoms with Gasteiger partial charge < -0.3 is 0 Å². The second-order valence-corrected chi connectivity index (χ2v) is 4.93. The zero-order chi connectivity index (χ0) is 12.8. The van der Waals surface area contributed by atoms with E-state index in [0.29, 0.717) is 17.6 Å². The molecular weight excluding hydrogens is 234 g/mol. The Kier molecular flexibility index (Phi) is 5.66. The van der Waals surface area contributed by atoms with E-state index in [4.69, 9.17) is 11.6 Å². The normalized spacial score (nSPS) is 11.2. The predicted molar refractivity (Wildman–Crippen MR) is 72.8 cm³/mol. The molecule has 0 saturated heterocycles. The summed E-state index contributed by atoms with van der Waals surface area (Å²) in [6, 6.07) is 7.48. The van der Waals surface area contributed by atoms with Crippen LogP contribution in [0.5, 0.6) is 0 Å². The van der Waals surface area contributed by atoms with Crippen LogP contribution in [0, 0.1) is 0 Å². The average molecular weight is 254 g/mol. The molecule has 0 spiro atoms. The van der Waals surface area contributed by atoms with E-state index < -0.39 is 0 Å². The van der Waals surface area contributed by atoms with Crippen LogP contribution >= 0.6 is 11.6 Å². The summed E-state index contributed by atoms with van der Waals surface area (Å²) in [6.45, 7) is 7.79. The minimum atomic E-state index is 0.156. The highest BCUT2D eigenvalue weighted by Crippen LogP contribution is 2.11. The molecule has 0 atom stereocenters. The third-order valence-electron chi connectivity index (χ3n) is 2.75. The van der Waals surface area contributed by atoms with E-state index in [0.717, 1.165) is 18.5 Å². The Morgan fingerprint density at radius 3 is 2.35 bits per heavy atom. The molecule has 0 unspecified atom stereocenters. The Balaban J connectivity index is 2.66. The molecule has 17 heavy (non-hydrogen) atoms. The molecule has 0 heterocycles. The fourth-order valence-electron chi connectivity index (χ4n) is 1.72. The van der Waals surface area contributed by atoms with Crippen LogP contribution in [0.15, 0.2) is 24.3 Å². The van der Waals surface area contributed by atoms with Crippen LogP contribution in [0.25, 0.3) is 0 Å². The molecule has 0 aliphatic heterocycles. The second kappa shape index (κ2) is 6.77. The van der Waals surface area contributed by atoms with Crippen molar-refractivity contribution < 1.29 is 4.79 Å². The molecule has 0 N–H and O–H groups in total. The first kappa shape index (κ1) is 14.2. The molecule has 0 aromatic heterocycles. The molecule has 0 fully saturated rings. The smallest absolute Gasteiger partial charge is 0.176 e. The van der Waals surface area contributed by atoms with Gasteiger partial charge >= 0.3 is 0 Å². The van der Waals surface area contributed by atoms with Crippen molar-refractivity contribution in [2.24, 2.45) is 0 Å². The van der Waals surface area contributed by atoms with Crippen molar-refractivity contribution in [2.75, 3.05) is 13.1 Å². The van der Waals surface area contributed by atoms with E-state index in [1.807, 2.05) is 0 Å². The van der Waals surface area contributed by atoms with E-state index in [2.05, 4.69) is 25.7 Å². The number of ketones is 1. The zero-order valence-corrected chi connectivity index (χ0v) is 11.5. The Labute approximate surface area is 109 Å². The summed E-state index contributed by atoms with van der Waals surface area (Å²) in [4.78, 5) is 14.3. The average Bonchev–Trinajstić information content (AvgIpc) is 2.29. The van der Waals surface area contributed by atoms with Gasteiger partial charge in [-0.3, -0.25) is 9.69 Å². The van der Waals surface area contributed by atoms with Gasteiger partial charge in [0.15, 0.2) is 5.78 Å². The van der Waals surface area contributed by atoms with Crippen LogP contribution in [-0.2, 0) is 0 Å². The van der Waals surface area contributed by atoms with Gasteiger partial charge in [0, 0.05) is 16.6 Å². The number of nitrogens with zero attached hydrogens (tertiary/aromatic N) is 1. The fraction of sp³-hybridized carbons (Fsp3) is 0.500. The van der Waals surface area contributed by atoms with Crippen LogP contribution in [0.4, 0.5) is 0 Å². The molecule has 0 aliphatic carbocycles. The minimum absolute atomic E-state index is 0.156. The summed E-state index contributed by atoms with van der Waals surface area (Å²) in [5.74, 6) is 0.156. The Morgan fingerprint density at radius 2 is 1.88 bits per heavy atom. The standard InChI is InChI=1S/C14H20ClNO/c1-4-9-16(11(2)3)10-14(17)12-5-7-13(15)8-6-12/h5-8,11H,4,9-10H2,1-3H3. The van der Waals surface area contributed by atoms with E-state index in [9.17, 15) is 4.79 Å². The maximum Gasteiger partial charge on any atom is 0.176 e. The van der Waals surface area contributed by atoms with E-state index in [1.54, 1.807) is 24.3 Å². The Hall–Kier alpha value is -0.860. The van der Waals surface area contributed by atoms with E-state index >= 15 is 0 Å². The SMILES string of the molecule is CCCN(CC(=O)c1ccc(Cl)cc1)C(C)C. The molecule has 0 amide bonds. The zero-order valence-electron chi connectivity index (χ0n) is 10.7. The highest BCUT2D eigenvalue weighted by Gasteiger charge is 2.14. The largest absolute Gasteiger partial charge is 0.293 e. The first-order valence-corrected chi connectivity index (χ1v) is 6.45. The molecular formula is C14H20ClNO.